The van der Waals surface area contributed by atoms with Crippen LogP contribution in [0.2, 0.25) is 0 Å². The minimum absolute atomic E-state index is 0.00894. The Kier molecular flexibility index (Phi) is 5.11. The monoisotopic (exact) mass is 278 g/mol. The van der Waals surface area contributed by atoms with Gasteiger partial charge in [0.05, 0.1) is 18.8 Å². The van der Waals surface area contributed by atoms with Crippen LogP contribution >= 0.6 is 0 Å². The highest BCUT2D eigenvalue weighted by molar-refractivity contribution is 5.82. The van der Waals surface area contributed by atoms with Crippen LogP contribution in [0.5, 0.6) is 0 Å². The molecule has 0 fully saturated rings. The smallest absolute Gasteiger partial charge is 0.239 e. The van der Waals surface area contributed by atoms with Gasteiger partial charge in [-0.2, -0.15) is 0 Å². The molecule has 1 aliphatic heterocycles. The Morgan fingerprint density at radius 1 is 1.50 bits per heavy atom. The summed E-state index contributed by atoms with van der Waals surface area (Å²) in [6.07, 6.45) is 0.0459. The Labute approximate surface area is 119 Å². The van der Waals surface area contributed by atoms with Crippen molar-refractivity contribution in [1.82, 2.24) is 10.2 Å². The van der Waals surface area contributed by atoms with Gasteiger partial charge in [-0.15, -0.1) is 0 Å². The SMILES string of the molecule is COCC(O)CN(C)C(=O)C1Cc2ccccc2CN1. The standard InChI is InChI=1S/C15H22N2O3/c1-17(9-13(18)10-20-2)15(19)14-7-11-5-3-4-6-12(11)8-16-14/h3-6,13-14,16,18H,7-10H2,1-2H3. The van der Waals surface area contributed by atoms with Crippen LogP contribution in [0.4, 0.5) is 0 Å². The Balaban J connectivity index is 1.94. The number of fused-ring (bicyclic) bond motifs is 1. The maximum absolute atomic E-state index is 12.4. The van der Waals surface area contributed by atoms with Crippen molar-refractivity contribution in [3.8, 4) is 0 Å². The first-order chi connectivity index (χ1) is 9.61. The lowest BCUT2D eigenvalue weighted by Gasteiger charge is -2.29. The third kappa shape index (κ3) is 3.56. The van der Waals surface area contributed by atoms with E-state index < -0.39 is 6.10 Å². The lowest BCUT2D eigenvalue weighted by molar-refractivity contribution is -0.134. The quantitative estimate of drug-likeness (QED) is 0.806. The fourth-order valence-corrected chi connectivity index (χ4v) is 2.55. The Morgan fingerprint density at radius 2 is 2.20 bits per heavy atom. The van der Waals surface area contributed by atoms with Crippen LogP contribution < -0.4 is 5.32 Å². The second-order valence-corrected chi connectivity index (χ2v) is 5.23. The van der Waals surface area contributed by atoms with Gasteiger partial charge in [-0.05, 0) is 17.5 Å². The molecule has 2 unspecified atom stereocenters. The van der Waals surface area contributed by atoms with E-state index in [9.17, 15) is 9.90 Å². The van der Waals surface area contributed by atoms with E-state index in [0.29, 0.717) is 13.0 Å². The largest absolute Gasteiger partial charge is 0.389 e. The predicted molar refractivity (Wildman–Crippen MR) is 76.3 cm³/mol. The molecule has 110 valence electrons. The molecule has 0 bridgehead atoms. The molecule has 1 heterocycles. The zero-order valence-corrected chi connectivity index (χ0v) is 12.0. The number of carbonyl (C=O) groups excluding carboxylic acids is 1. The van der Waals surface area contributed by atoms with Gasteiger partial charge in [0.25, 0.3) is 0 Å². The second-order valence-electron chi connectivity index (χ2n) is 5.23. The summed E-state index contributed by atoms with van der Waals surface area (Å²) in [5.41, 5.74) is 2.47. The van der Waals surface area contributed by atoms with Gasteiger partial charge in [-0.3, -0.25) is 4.79 Å². The molecule has 5 nitrogen and oxygen atoms in total. The molecule has 0 saturated heterocycles. The van der Waals surface area contributed by atoms with Gasteiger partial charge in [0.1, 0.15) is 0 Å². The van der Waals surface area contributed by atoms with Gasteiger partial charge in [0, 0.05) is 27.2 Å². The number of ether oxygens (including phenoxy) is 1. The number of methoxy groups -OCH3 is 1. The average Bonchev–Trinajstić information content (AvgIpc) is 2.46. The number of nitrogens with one attached hydrogen (secondary N) is 1. The van der Waals surface area contributed by atoms with Gasteiger partial charge in [0.2, 0.25) is 5.91 Å². The van der Waals surface area contributed by atoms with E-state index in [1.165, 1.54) is 18.2 Å². The van der Waals surface area contributed by atoms with Crippen LogP contribution in [0.3, 0.4) is 0 Å². The van der Waals surface area contributed by atoms with Gasteiger partial charge in [-0.25, -0.2) is 0 Å². The number of hydrogen-bond donors (Lipinski definition) is 2. The Morgan fingerprint density at radius 3 is 2.90 bits per heavy atom. The molecule has 0 aliphatic carbocycles. The number of amides is 1. The molecule has 1 aromatic rings. The molecule has 1 aliphatic rings. The molecule has 0 saturated carbocycles. The molecular formula is C15H22N2O3. The van der Waals surface area contributed by atoms with Gasteiger partial charge in [0.15, 0.2) is 0 Å². The van der Waals surface area contributed by atoms with Crippen molar-refractivity contribution >= 4 is 5.91 Å². The number of hydrogen-bond acceptors (Lipinski definition) is 4. The van der Waals surface area contributed by atoms with Crippen molar-refractivity contribution in [3.63, 3.8) is 0 Å². The first-order valence-corrected chi connectivity index (χ1v) is 6.84. The highest BCUT2D eigenvalue weighted by Crippen LogP contribution is 2.17. The maximum Gasteiger partial charge on any atom is 0.239 e. The van der Waals surface area contributed by atoms with Crippen LogP contribution in [0.15, 0.2) is 24.3 Å². The van der Waals surface area contributed by atoms with Crippen molar-refractivity contribution in [2.24, 2.45) is 0 Å². The highest BCUT2D eigenvalue weighted by Gasteiger charge is 2.27. The average molecular weight is 278 g/mol. The van der Waals surface area contributed by atoms with Gasteiger partial charge >= 0.3 is 0 Å². The number of aliphatic hydroxyl groups is 1. The zero-order valence-electron chi connectivity index (χ0n) is 12.0. The van der Waals surface area contributed by atoms with Crippen LogP contribution in [-0.4, -0.2) is 55.4 Å². The predicted octanol–water partition coefficient (Wildman–Crippen LogP) is 0.167. The van der Waals surface area contributed by atoms with E-state index in [-0.39, 0.29) is 25.1 Å². The molecule has 2 atom stereocenters. The molecule has 20 heavy (non-hydrogen) atoms. The molecule has 5 heteroatoms. The van der Waals surface area contributed by atoms with E-state index in [2.05, 4.69) is 17.4 Å². The number of nitrogens with zero attached hydrogens (tertiary/aromatic N) is 1. The van der Waals surface area contributed by atoms with E-state index in [4.69, 9.17) is 4.74 Å². The molecule has 0 spiro atoms. The summed E-state index contributed by atoms with van der Waals surface area (Å²) in [4.78, 5) is 13.9. The third-order valence-electron chi connectivity index (χ3n) is 3.60. The summed E-state index contributed by atoms with van der Waals surface area (Å²) in [5.74, 6) is 0.00894. The summed E-state index contributed by atoms with van der Waals surface area (Å²) < 4.78 is 4.87. The Bertz CT molecular complexity index is 464. The van der Waals surface area contributed by atoms with E-state index in [0.717, 1.165) is 0 Å². The van der Waals surface area contributed by atoms with Crippen molar-refractivity contribution in [2.75, 3.05) is 27.3 Å². The van der Waals surface area contributed by atoms with Gasteiger partial charge < -0.3 is 20.1 Å². The summed E-state index contributed by atoms with van der Waals surface area (Å²) >= 11 is 0. The summed E-state index contributed by atoms with van der Waals surface area (Å²) in [6, 6.07) is 7.93. The van der Waals surface area contributed by atoms with Crippen molar-refractivity contribution in [1.29, 1.82) is 0 Å². The lowest BCUT2D eigenvalue weighted by atomic mass is 9.95. The first kappa shape index (κ1) is 15.0. The molecule has 2 rings (SSSR count). The zero-order chi connectivity index (χ0) is 14.5. The fourth-order valence-electron chi connectivity index (χ4n) is 2.55. The van der Waals surface area contributed by atoms with E-state index in [1.807, 2.05) is 12.1 Å². The van der Waals surface area contributed by atoms with Crippen LogP contribution in [0.1, 0.15) is 11.1 Å². The first-order valence-electron chi connectivity index (χ1n) is 6.84. The second kappa shape index (κ2) is 6.83. The lowest BCUT2D eigenvalue weighted by Crippen LogP contribution is -2.50. The molecule has 0 radical (unpaired) electrons. The normalized spacial score (nSPS) is 19.2. The molecule has 2 N–H and O–H groups in total. The van der Waals surface area contributed by atoms with Crippen LogP contribution in [0.25, 0.3) is 0 Å². The molecular weight excluding hydrogens is 256 g/mol. The third-order valence-corrected chi connectivity index (χ3v) is 3.60. The van der Waals surface area contributed by atoms with Crippen molar-refractivity contribution in [2.45, 2.75) is 25.1 Å². The molecule has 1 amide bonds. The summed E-state index contributed by atoms with van der Waals surface area (Å²) in [6.45, 7) is 1.23. The van der Waals surface area contributed by atoms with Crippen molar-refractivity contribution < 1.29 is 14.6 Å². The summed E-state index contributed by atoms with van der Waals surface area (Å²) in [5, 5.41) is 12.9. The number of rotatable bonds is 5. The minimum atomic E-state index is -0.648. The van der Waals surface area contributed by atoms with Crippen LogP contribution in [0, 0.1) is 0 Å². The van der Waals surface area contributed by atoms with E-state index >= 15 is 0 Å². The Hall–Kier alpha value is -1.43. The number of carbonyl (C=O) groups is 1. The molecule has 0 aromatic heterocycles. The summed E-state index contributed by atoms with van der Waals surface area (Å²) in [7, 11) is 3.24. The van der Waals surface area contributed by atoms with Crippen molar-refractivity contribution in [3.05, 3.63) is 35.4 Å². The number of likely N-dealkylation sites (N-methyl/N-ethyl adjacent to an activating group) is 1. The maximum atomic E-state index is 12.4. The van der Waals surface area contributed by atoms with Crippen LogP contribution in [-0.2, 0) is 22.5 Å². The molecule has 1 aromatic carbocycles. The van der Waals surface area contributed by atoms with Gasteiger partial charge in [-0.1, -0.05) is 24.3 Å². The fraction of sp³-hybridized carbons (Fsp3) is 0.533. The highest BCUT2D eigenvalue weighted by atomic mass is 16.5. The number of benzene rings is 1. The topological polar surface area (TPSA) is 61.8 Å². The number of aliphatic hydroxyl groups excluding tert-OH is 1. The van der Waals surface area contributed by atoms with E-state index in [1.54, 1.807) is 11.9 Å². The minimum Gasteiger partial charge on any atom is -0.389 e.